The number of nitrogens with one attached hydrogen (secondary N) is 1. The molecule has 0 saturated carbocycles. The molecule has 0 unspecified atom stereocenters. The summed E-state index contributed by atoms with van der Waals surface area (Å²) in [4.78, 5) is 17.7. The highest BCUT2D eigenvalue weighted by Gasteiger charge is 2.13. The van der Waals surface area contributed by atoms with E-state index in [0.717, 1.165) is 20.6 Å². The number of carbonyl (C=O) groups is 1. The van der Waals surface area contributed by atoms with Crippen molar-refractivity contribution in [2.75, 3.05) is 19.0 Å². The quantitative estimate of drug-likeness (QED) is 0.601. The molecule has 3 aromatic rings. The predicted octanol–water partition coefficient (Wildman–Crippen LogP) is 4.91. The van der Waals surface area contributed by atoms with E-state index in [2.05, 4.69) is 26.2 Å². The molecule has 1 N–H and O–H groups in total. The van der Waals surface area contributed by atoms with Crippen LogP contribution in [0, 0.1) is 6.92 Å². The summed E-state index contributed by atoms with van der Waals surface area (Å²) < 4.78 is 11.7. The second-order valence-electron chi connectivity index (χ2n) is 5.42. The Morgan fingerprint density at radius 1 is 1.15 bits per heavy atom. The minimum Gasteiger partial charge on any atom is -0.493 e. The number of carbonyl (C=O) groups excluding carboxylic acids is 1. The van der Waals surface area contributed by atoms with Gasteiger partial charge in [0, 0.05) is 14.9 Å². The molecular formula is C19H17BrN2O3S. The molecule has 1 aromatic heterocycles. The van der Waals surface area contributed by atoms with E-state index < -0.39 is 0 Å². The Balaban J connectivity index is 1.65. The maximum absolute atomic E-state index is 12.2. The minimum absolute atomic E-state index is 0.118. The summed E-state index contributed by atoms with van der Waals surface area (Å²) in [6.45, 7) is 1.86. The number of para-hydroxylation sites is 2. The van der Waals surface area contributed by atoms with E-state index in [9.17, 15) is 4.79 Å². The van der Waals surface area contributed by atoms with E-state index in [1.54, 1.807) is 19.2 Å². The topological polar surface area (TPSA) is 60.5 Å². The Morgan fingerprint density at radius 3 is 2.54 bits per heavy atom. The normalized spacial score (nSPS) is 10.4. The number of aryl methyl sites for hydroxylation is 1. The van der Waals surface area contributed by atoms with Crippen molar-refractivity contribution in [2.24, 2.45) is 0 Å². The van der Waals surface area contributed by atoms with Gasteiger partial charge in [0.2, 0.25) is 0 Å². The maximum Gasteiger partial charge on any atom is 0.264 e. The molecule has 2 aromatic carbocycles. The molecule has 1 heterocycles. The highest BCUT2D eigenvalue weighted by molar-refractivity contribution is 9.10. The molecular weight excluding hydrogens is 416 g/mol. The third-order valence-corrected chi connectivity index (χ3v) is 5.00. The number of benzene rings is 2. The van der Waals surface area contributed by atoms with Crippen molar-refractivity contribution in [3.63, 3.8) is 0 Å². The molecule has 0 aliphatic carbocycles. The third-order valence-electron chi connectivity index (χ3n) is 3.59. The lowest BCUT2D eigenvalue weighted by Crippen LogP contribution is -2.20. The van der Waals surface area contributed by atoms with Crippen LogP contribution in [-0.4, -0.2) is 24.6 Å². The van der Waals surface area contributed by atoms with Gasteiger partial charge in [-0.1, -0.05) is 40.2 Å². The Morgan fingerprint density at radius 2 is 1.85 bits per heavy atom. The van der Waals surface area contributed by atoms with Crippen LogP contribution in [0.5, 0.6) is 11.5 Å². The van der Waals surface area contributed by atoms with Crippen molar-refractivity contribution < 1.29 is 14.3 Å². The third kappa shape index (κ3) is 4.42. The lowest BCUT2D eigenvalue weighted by atomic mass is 10.1. The molecule has 0 aliphatic heterocycles. The number of anilines is 1. The van der Waals surface area contributed by atoms with Gasteiger partial charge in [-0.15, -0.1) is 11.3 Å². The smallest absolute Gasteiger partial charge is 0.264 e. The van der Waals surface area contributed by atoms with Gasteiger partial charge in [-0.3, -0.25) is 10.1 Å². The Hall–Kier alpha value is -2.38. The molecule has 0 radical (unpaired) electrons. The van der Waals surface area contributed by atoms with Crippen LogP contribution >= 0.6 is 27.3 Å². The number of halogens is 1. The van der Waals surface area contributed by atoms with E-state index in [4.69, 9.17) is 9.47 Å². The van der Waals surface area contributed by atoms with Crippen LogP contribution in [-0.2, 0) is 4.79 Å². The van der Waals surface area contributed by atoms with Gasteiger partial charge in [0.05, 0.1) is 12.8 Å². The first-order valence-electron chi connectivity index (χ1n) is 7.86. The van der Waals surface area contributed by atoms with Gasteiger partial charge in [0.25, 0.3) is 5.91 Å². The Kier molecular flexibility index (Phi) is 5.90. The fourth-order valence-electron chi connectivity index (χ4n) is 2.36. The number of thiazole rings is 1. The zero-order valence-electron chi connectivity index (χ0n) is 14.3. The number of ether oxygens (including phenoxy) is 2. The first-order chi connectivity index (χ1) is 12.6. The first kappa shape index (κ1) is 18.4. The van der Waals surface area contributed by atoms with Crippen molar-refractivity contribution in [1.29, 1.82) is 0 Å². The molecule has 3 rings (SSSR count). The van der Waals surface area contributed by atoms with Gasteiger partial charge in [0.15, 0.2) is 23.2 Å². The molecule has 0 saturated heterocycles. The van der Waals surface area contributed by atoms with Gasteiger partial charge in [-0.2, -0.15) is 0 Å². The first-order valence-corrected chi connectivity index (χ1v) is 9.47. The molecule has 1 amide bonds. The average molecular weight is 433 g/mol. The summed E-state index contributed by atoms with van der Waals surface area (Å²) in [5.74, 6) is 0.839. The van der Waals surface area contributed by atoms with Crippen molar-refractivity contribution >= 4 is 38.3 Å². The molecule has 0 atom stereocenters. The van der Waals surface area contributed by atoms with Crippen LogP contribution in [0.3, 0.4) is 0 Å². The van der Waals surface area contributed by atoms with E-state index in [0.29, 0.717) is 16.6 Å². The molecule has 0 fully saturated rings. The number of hydrogen-bond donors (Lipinski definition) is 1. The summed E-state index contributed by atoms with van der Waals surface area (Å²) in [5.41, 5.74) is 1.87. The van der Waals surface area contributed by atoms with Crippen LogP contribution in [0.4, 0.5) is 5.13 Å². The molecule has 7 heteroatoms. The number of aromatic nitrogens is 1. The van der Waals surface area contributed by atoms with Crippen molar-refractivity contribution in [1.82, 2.24) is 4.98 Å². The lowest BCUT2D eigenvalue weighted by molar-refractivity contribution is -0.118. The zero-order chi connectivity index (χ0) is 18.5. The van der Waals surface area contributed by atoms with Crippen molar-refractivity contribution in [3.05, 3.63) is 57.9 Å². The van der Waals surface area contributed by atoms with Crippen molar-refractivity contribution in [2.45, 2.75) is 6.92 Å². The average Bonchev–Trinajstić information content (AvgIpc) is 3.01. The van der Waals surface area contributed by atoms with Gasteiger partial charge >= 0.3 is 0 Å². The molecule has 0 bridgehead atoms. The summed E-state index contributed by atoms with van der Waals surface area (Å²) in [7, 11) is 1.56. The summed E-state index contributed by atoms with van der Waals surface area (Å²) >= 11 is 4.86. The summed E-state index contributed by atoms with van der Waals surface area (Å²) in [6.07, 6.45) is 0. The molecule has 0 aliphatic rings. The van der Waals surface area contributed by atoms with Crippen LogP contribution in [0.25, 0.3) is 11.3 Å². The maximum atomic E-state index is 12.2. The number of methoxy groups -OCH3 is 1. The molecule has 0 spiro atoms. The van der Waals surface area contributed by atoms with Gasteiger partial charge < -0.3 is 9.47 Å². The highest BCUT2D eigenvalue weighted by atomic mass is 79.9. The molecule has 134 valence electrons. The Bertz CT molecular complexity index is 909. The monoisotopic (exact) mass is 432 g/mol. The number of nitrogens with zero attached hydrogens (tertiary/aromatic N) is 1. The zero-order valence-corrected chi connectivity index (χ0v) is 16.7. The largest absolute Gasteiger partial charge is 0.493 e. The molecule has 5 nitrogen and oxygen atoms in total. The number of rotatable bonds is 6. The van der Waals surface area contributed by atoms with Crippen LogP contribution in [0.15, 0.2) is 53.0 Å². The summed E-state index contributed by atoms with van der Waals surface area (Å²) in [5, 5.41) is 3.34. The molecule has 26 heavy (non-hydrogen) atoms. The van der Waals surface area contributed by atoms with Crippen LogP contribution in [0.1, 0.15) is 4.88 Å². The summed E-state index contributed by atoms with van der Waals surface area (Å²) in [6, 6.07) is 15.1. The van der Waals surface area contributed by atoms with Crippen molar-refractivity contribution in [3.8, 4) is 22.8 Å². The predicted molar refractivity (Wildman–Crippen MR) is 107 cm³/mol. The van der Waals surface area contributed by atoms with Gasteiger partial charge in [-0.05, 0) is 31.2 Å². The standard InChI is InChI=1S/C19H17BrN2O3S/c1-12-18(13-7-9-14(20)10-8-13)22-19(26-12)21-17(23)11-25-16-6-4-3-5-15(16)24-2/h3-10H,11H2,1-2H3,(H,21,22,23). The van der Waals surface area contributed by atoms with Gasteiger partial charge in [-0.25, -0.2) is 4.98 Å². The highest BCUT2D eigenvalue weighted by Crippen LogP contribution is 2.31. The van der Waals surface area contributed by atoms with E-state index in [1.807, 2.05) is 43.3 Å². The second-order valence-corrected chi connectivity index (χ2v) is 7.54. The number of amides is 1. The lowest BCUT2D eigenvalue weighted by Gasteiger charge is -2.09. The van der Waals surface area contributed by atoms with Gasteiger partial charge in [0.1, 0.15) is 0 Å². The number of hydrogen-bond acceptors (Lipinski definition) is 5. The minimum atomic E-state index is -0.271. The van der Waals surface area contributed by atoms with E-state index >= 15 is 0 Å². The second kappa shape index (κ2) is 8.33. The Labute approximate surface area is 164 Å². The van der Waals surface area contributed by atoms with E-state index in [-0.39, 0.29) is 12.5 Å². The fraction of sp³-hybridized carbons (Fsp3) is 0.158. The fourth-order valence-corrected chi connectivity index (χ4v) is 3.48. The van der Waals surface area contributed by atoms with E-state index in [1.165, 1.54) is 11.3 Å². The van der Waals surface area contributed by atoms with Crippen LogP contribution in [0.2, 0.25) is 0 Å². The van der Waals surface area contributed by atoms with Crippen LogP contribution < -0.4 is 14.8 Å². The SMILES string of the molecule is COc1ccccc1OCC(=O)Nc1nc(-c2ccc(Br)cc2)c(C)s1.